The van der Waals surface area contributed by atoms with Gasteiger partial charge in [0.2, 0.25) is 0 Å². The highest BCUT2D eigenvalue weighted by Gasteiger charge is 2.17. The summed E-state index contributed by atoms with van der Waals surface area (Å²) in [6, 6.07) is 0. The molecule has 0 heterocycles. The van der Waals surface area contributed by atoms with Crippen LogP contribution in [0.1, 0.15) is 40.5 Å². The van der Waals surface area contributed by atoms with E-state index in [0.29, 0.717) is 4.83 Å². The summed E-state index contributed by atoms with van der Waals surface area (Å²) in [6.45, 7) is 10.7. The molecule has 1 nitrogen and oxygen atoms in total. The van der Waals surface area contributed by atoms with E-state index >= 15 is 0 Å². The highest BCUT2D eigenvalue weighted by molar-refractivity contribution is 9.09. The van der Waals surface area contributed by atoms with Gasteiger partial charge in [0.05, 0.1) is 0 Å². The van der Waals surface area contributed by atoms with Crippen molar-refractivity contribution in [3.8, 4) is 0 Å². The van der Waals surface area contributed by atoms with Crippen LogP contribution in [0.25, 0.3) is 0 Å². The van der Waals surface area contributed by atoms with Gasteiger partial charge >= 0.3 is 0 Å². The molecule has 0 N–H and O–H groups in total. The lowest BCUT2D eigenvalue weighted by Gasteiger charge is -2.23. The second-order valence-electron chi connectivity index (χ2n) is 3.99. The number of hydrogen-bond acceptors (Lipinski definition) is 1. The largest absolute Gasteiger partial charge is 0.381 e. The van der Waals surface area contributed by atoms with E-state index in [9.17, 15) is 0 Å². The topological polar surface area (TPSA) is 9.23 Å². The van der Waals surface area contributed by atoms with Crippen LogP contribution < -0.4 is 0 Å². The minimum absolute atomic E-state index is 0.595. The summed E-state index contributed by atoms with van der Waals surface area (Å²) >= 11 is 3.66. The van der Waals surface area contributed by atoms with Gasteiger partial charge in [0.25, 0.3) is 0 Å². The summed E-state index contributed by atoms with van der Waals surface area (Å²) in [5.74, 6) is 1.47. The third kappa shape index (κ3) is 6.50. The standard InChI is InChI=1S/C11H23BrO/c1-5-7-13-8-6-11(9(2)3)10(4)12/h9-11H,5-8H2,1-4H3. The van der Waals surface area contributed by atoms with Crippen LogP contribution in [0.5, 0.6) is 0 Å². The Kier molecular flexibility index (Phi) is 8.07. The molecule has 0 amide bonds. The molecule has 0 saturated carbocycles. The molecule has 0 aliphatic rings. The summed E-state index contributed by atoms with van der Waals surface area (Å²) in [5, 5.41) is 0. The molecule has 0 fully saturated rings. The van der Waals surface area contributed by atoms with E-state index in [0.717, 1.165) is 31.5 Å². The van der Waals surface area contributed by atoms with Crippen molar-refractivity contribution in [1.29, 1.82) is 0 Å². The fourth-order valence-corrected chi connectivity index (χ4v) is 2.43. The van der Waals surface area contributed by atoms with Gasteiger partial charge in [-0.3, -0.25) is 0 Å². The molecule has 13 heavy (non-hydrogen) atoms. The first-order valence-corrected chi connectivity index (χ1v) is 6.23. The Labute approximate surface area is 91.4 Å². The lowest BCUT2D eigenvalue weighted by atomic mass is 9.90. The summed E-state index contributed by atoms with van der Waals surface area (Å²) < 4.78 is 5.49. The Morgan fingerprint density at radius 1 is 1.15 bits per heavy atom. The zero-order valence-corrected chi connectivity index (χ0v) is 10.9. The SMILES string of the molecule is CCCOCCC(C(C)C)C(C)Br. The Balaban J connectivity index is 3.58. The minimum Gasteiger partial charge on any atom is -0.381 e. The second kappa shape index (κ2) is 7.81. The lowest BCUT2D eigenvalue weighted by molar-refractivity contribution is 0.114. The quantitative estimate of drug-likeness (QED) is 0.493. The fraction of sp³-hybridized carbons (Fsp3) is 1.00. The zero-order valence-electron chi connectivity index (χ0n) is 9.35. The van der Waals surface area contributed by atoms with Gasteiger partial charge in [-0.15, -0.1) is 0 Å². The number of halogens is 1. The molecule has 2 heteroatoms. The summed E-state index contributed by atoms with van der Waals surface area (Å²) in [7, 11) is 0. The van der Waals surface area contributed by atoms with E-state index in [1.807, 2.05) is 0 Å². The van der Waals surface area contributed by atoms with Gasteiger partial charge in [-0.25, -0.2) is 0 Å². The van der Waals surface area contributed by atoms with Gasteiger partial charge in [-0.05, 0) is 24.7 Å². The van der Waals surface area contributed by atoms with Gasteiger partial charge < -0.3 is 4.74 Å². The number of rotatable bonds is 7. The van der Waals surface area contributed by atoms with Gasteiger partial charge in [0.15, 0.2) is 0 Å². The van der Waals surface area contributed by atoms with E-state index in [1.165, 1.54) is 6.42 Å². The Morgan fingerprint density at radius 3 is 2.15 bits per heavy atom. The average molecular weight is 251 g/mol. The molecule has 0 aromatic heterocycles. The predicted molar refractivity (Wildman–Crippen MR) is 62.4 cm³/mol. The number of alkyl halides is 1. The molecule has 2 atom stereocenters. The highest BCUT2D eigenvalue weighted by Crippen LogP contribution is 2.24. The van der Waals surface area contributed by atoms with Crippen molar-refractivity contribution < 1.29 is 4.74 Å². The zero-order chi connectivity index (χ0) is 10.3. The summed E-state index contributed by atoms with van der Waals surface area (Å²) in [6.07, 6.45) is 2.29. The van der Waals surface area contributed by atoms with Crippen molar-refractivity contribution >= 4 is 15.9 Å². The molecule has 80 valence electrons. The van der Waals surface area contributed by atoms with Crippen LogP contribution in [0.2, 0.25) is 0 Å². The van der Waals surface area contributed by atoms with E-state index in [4.69, 9.17) is 4.74 Å². The van der Waals surface area contributed by atoms with Crippen LogP contribution in [0.4, 0.5) is 0 Å². The van der Waals surface area contributed by atoms with Crippen molar-refractivity contribution in [2.75, 3.05) is 13.2 Å². The molecule has 0 bridgehead atoms. The molecule has 0 saturated heterocycles. The normalized spacial score (nSPS) is 16.2. The predicted octanol–water partition coefficient (Wildman–Crippen LogP) is 3.86. The fourth-order valence-electron chi connectivity index (χ4n) is 1.56. The number of ether oxygens (including phenoxy) is 1. The molecule has 0 aliphatic carbocycles. The van der Waals surface area contributed by atoms with Crippen LogP contribution in [-0.2, 0) is 4.74 Å². The van der Waals surface area contributed by atoms with Crippen molar-refractivity contribution in [3.05, 3.63) is 0 Å². The first-order chi connectivity index (χ1) is 6.09. The molecule has 0 radical (unpaired) electrons. The molecular weight excluding hydrogens is 228 g/mol. The van der Waals surface area contributed by atoms with Gasteiger partial charge in [0, 0.05) is 18.0 Å². The van der Waals surface area contributed by atoms with Gasteiger partial charge in [-0.2, -0.15) is 0 Å². The first kappa shape index (κ1) is 13.4. The maximum Gasteiger partial charge on any atom is 0.0469 e. The van der Waals surface area contributed by atoms with Crippen LogP contribution >= 0.6 is 15.9 Å². The lowest BCUT2D eigenvalue weighted by Crippen LogP contribution is -2.19. The van der Waals surface area contributed by atoms with Crippen LogP contribution in [-0.4, -0.2) is 18.0 Å². The third-order valence-electron chi connectivity index (χ3n) is 2.39. The maximum atomic E-state index is 5.49. The molecule has 0 spiro atoms. The minimum atomic E-state index is 0.595. The second-order valence-corrected chi connectivity index (χ2v) is 5.43. The van der Waals surface area contributed by atoms with Crippen molar-refractivity contribution in [1.82, 2.24) is 0 Å². The van der Waals surface area contributed by atoms with Crippen molar-refractivity contribution in [3.63, 3.8) is 0 Å². The van der Waals surface area contributed by atoms with E-state index < -0.39 is 0 Å². The van der Waals surface area contributed by atoms with E-state index in [1.54, 1.807) is 0 Å². The molecule has 0 aromatic rings. The number of hydrogen-bond donors (Lipinski definition) is 0. The molecular formula is C11H23BrO. The van der Waals surface area contributed by atoms with Gasteiger partial charge in [0.1, 0.15) is 0 Å². The Bertz CT molecular complexity index is 105. The van der Waals surface area contributed by atoms with Crippen LogP contribution in [0.3, 0.4) is 0 Å². The van der Waals surface area contributed by atoms with Crippen molar-refractivity contribution in [2.45, 2.75) is 45.4 Å². The molecule has 2 unspecified atom stereocenters. The first-order valence-electron chi connectivity index (χ1n) is 5.31. The molecule has 0 aliphatic heterocycles. The van der Waals surface area contributed by atoms with Crippen molar-refractivity contribution in [2.24, 2.45) is 11.8 Å². The molecule has 0 aromatic carbocycles. The highest BCUT2D eigenvalue weighted by atomic mass is 79.9. The monoisotopic (exact) mass is 250 g/mol. The average Bonchev–Trinajstić information content (AvgIpc) is 2.02. The summed E-state index contributed by atoms with van der Waals surface area (Å²) in [5.41, 5.74) is 0. The van der Waals surface area contributed by atoms with E-state index in [-0.39, 0.29) is 0 Å². The van der Waals surface area contributed by atoms with E-state index in [2.05, 4.69) is 43.6 Å². The smallest absolute Gasteiger partial charge is 0.0469 e. The summed E-state index contributed by atoms with van der Waals surface area (Å²) in [4.78, 5) is 0.595. The molecule has 0 rings (SSSR count). The van der Waals surface area contributed by atoms with Crippen LogP contribution in [0.15, 0.2) is 0 Å². The Hall–Kier alpha value is 0.440. The maximum absolute atomic E-state index is 5.49. The third-order valence-corrected chi connectivity index (χ3v) is 3.07. The Morgan fingerprint density at radius 2 is 1.77 bits per heavy atom. The van der Waals surface area contributed by atoms with Crippen LogP contribution in [0, 0.1) is 11.8 Å². The van der Waals surface area contributed by atoms with Gasteiger partial charge in [-0.1, -0.05) is 43.6 Å².